The van der Waals surface area contributed by atoms with E-state index in [4.69, 9.17) is 11.6 Å². The fourth-order valence-corrected chi connectivity index (χ4v) is 5.19. The first kappa shape index (κ1) is 14.4. The van der Waals surface area contributed by atoms with Crippen LogP contribution in [0.1, 0.15) is 20.3 Å². The Bertz CT molecular complexity index is 454. The molecule has 1 N–H and O–H groups in total. The van der Waals surface area contributed by atoms with E-state index in [0.717, 1.165) is 0 Å². The molecule has 1 heterocycles. The lowest BCUT2D eigenvalue weighted by atomic mass is 10.0. The van der Waals surface area contributed by atoms with Crippen molar-refractivity contribution < 1.29 is 8.42 Å². The Balaban J connectivity index is 3.02. The van der Waals surface area contributed by atoms with Crippen LogP contribution in [0.3, 0.4) is 0 Å². The van der Waals surface area contributed by atoms with Crippen LogP contribution in [0.5, 0.6) is 0 Å². The average molecular weight is 347 g/mol. The molecule has 7 heteroatoms. The second-order valence-electron chi connectivity index (χ2n) is 3.71. The van der Waals surface area contributed by atoms with Crippen molar-refractivity contribution in [1.29, 1.82) is 0 Å². The maximum Gasteiger partial charge on any atom is 0.251 e. The zero-order valence-corrected chi connectivity index (χ0v) is 12.9. The molecule has 0 spiro atoms. The molecule has 1 unspecified atom stereocenters. The summed E-state index contributed by atoms with van der Waals surface area (Å²) in [5.74, 6) is 0.242. The molecule has 1 rings (SSSR count). The SMILES string of the molecule is CCC(C)(CCl)NS(=O)(=O)c1sccc1Br. The highest BCUT2D eigenvalue weighted by molar-refractivity contribution is 9.10. The van der Waals surface area contributed by atoms with Gasteiger partial charge in [0.05, 0.1) is 0 Å². The lowest BCUT2D eigenvalue weighted by Crippen LogP contribution is -2.46. The van der Waals surface area contributed by atoms with Crippen molar-refractivity contribution in [3.05, 3.63) is 15.9 Å². The molecule has 1 aromatic heterocycles. The monoisotopic (exact) mass is 345 g/mol. The lowest BCUT2D eigenvalue weighted by Gasteiger charge is -2.26. The summed E-state index contributed by atoms with van der Waals surface area (Å²) in [5, 5.41) is 1.72. The van der Waals surface area contributed by atoms with Gasteiger partial charge in [-0.15, -0.1) is 22.9 Å². The molecule has 1 atom stereocenters. The minimum atomic E-state index is -3.49. The Morgan fingerprint density at radius 1 is 1.62 bits per heavy atom. The minimum absolute atomic E-state index is 0.242. The summed E-state index contributed by atoms with van der Waals surface area (Å²) in [4.78, 5) is 0. The van der Waals surface area contributed by atoms with E-state index in [1.165, 1.54) is 11.3 Å². The fourth-order valence-electron chi connectivity index (χ4n) is 1.04. The number of alkyl halides is 1. The smallest absolute Gasteiger partial charge is 0.206 e. The summed E-state index contributed by atoms with van der Waals surface area (Å²) < 4.78 is 27.6. The van der Waals surface area contributed by atoms with Crippen LogP contribution in [-0.4, -0.2) is 19.8 Å². The van der Waals surface area contributed by atoms with Gasteiger partial charge in [-0.2, -0.15) is 0 Å². The van der Waals surface area contributed by atoms with Crippen molar-refractivity contribution in [2.45, 2.75) is 30.0 Å². The minimum Gasteiger partial charge on any atom is -0.206 e. The van der Waals surface area contributed by atoms with Gasteiger partial charge in [0.15, 0.2) is 0 Å². The van der Waals surface area contributed by atoms with Gasteiger partial charge in [-0.05, 0) is 40.7 Å². The first-order valence-electron chi connectivity index (χ1n) is 4.67. The van der Waals surface area contributed by atoms with Crippen molar-refractivity contribution in [2.75, 3.05) is 5.88 Å². The third kappa shape index (κ3) is 3.20. The molecule has 1 aromatic rings. The standard InChI is InChI=1S/C9H13BrClNO2S2/c1-3-9(2,6-11)12-16(13,14)8-7(10)4-5-15-8/h4-5,12H,3,6H2,1-2H3. The molecule has 16 heavy (non-hydrogen) atoms. The molecule has 0 aliphatic rings. The van der Waals surface area contributed by atoms with E-state index in [2.05, 4.69) is 20.7 Å². The summed E-state index contributed by atoms with van der Waals surface area (Å²) in [6.07, 6.45) is 0.638. The molecular weight excluding hydrogens is 334 g/mol. The highest BCUT2D eigenvalue weighted by Crippen LogP contribution is 2.29. The Hall–Kier alpha value is 0.380. The quantitative estimate of drug-likeness (QED) is 0.832. The number of halogens is 2. The molecule has 0 aliphatic carbocycles. The molecule has 92 valence electrons. The van der Waals surface area contributed by atoms with Crippen molar-refractivity contribution in [3.8, 4) is 0 Å². The predicted molar refractivity (Wildman–Crippen MR) is 71.8 cm³/mol. The molecule has 3 nitrogen and oxygen atoms in total. The van der Waals surface area contributed by atoms with Crippen LogP contribution in [0.4, 0.5) is 0 Å². The van der Waals surface area contributed by atoms with Gasteiger partial charge in [-0.1, -0.05) is 6.92 Å². The number of rotatable bonds is 5. The van der Waals surface area contributed by atoms with Crippen LogP contribution in [0.25, 0.3) is 0 Å². The zero-order chi connectivity index (χ0) is 12.4. The topological polar surface area (TPSA) is 46.2 Å². The fraction of sp³-hybridized carbons (Fsp3) is 0.556. The Kier molecular flexibility index (Phi) is 4.83. The number of nitrogens with one attached hydrogen (secondary N) is 1. The molecule has 0 radical (unpaired) electrons. The summed E-state index contributed by atoms with van der Waals surface area (Å²) in [6.45, 7) is 3.69. The number of hydrogen-bond donors (Lipinski definition) is 1. The molecule has 0 amide bonds. The van der Waals surface area contributed by atoms with E-state index in [1.807, 2.05) is 6.92 Å². The molecular formula is C9H13BrClNO2S2. The van der Waals surface area contributed by atoms with Crippen LogP contribution in [0, 0.1) is 0 Å². The maximum absolute atomic E-state index is 12.1. The highest BCUT2D eigenvalue weighted by Gasteiger charge is 2.30. The Morgan fingerprint density at radius 3 is 2.62 bits per heavy atom. The van der Waals surface area contributed by atoms with Gasteiger partial charge in [-0.3, -0.25) is 0 Å². The second-order valence-corrected chi connectivity index (χ2v) is 7.62. The van der Waals surface area contributed by atoms with E-state index >= 15 is 0 Å². The van der Waals surface area contributed by atoms with E-state index in [0.29, 0.717) is 10.9 Å². The summed E-state index contributed by atoms with van der Waals surface area (Å²) in [5.41, 5.74) is -0.607. The van der Waals surface area contributed by atoms with E-state index in [9.17, 15) is 8.42 Å². The van der Waals surface area contributed by atoms with Crippen LogP contribution in [0.15, 0.2) is 20.1 Å². The van der Waals surface area contributed by atoms with Crippen molar-refractivity contribution in [1.82, 2.24) is 4.72 Å². The van der Waals surface area contributed by atoms with Gasteiger partial charge in [-0.25, -0.2) is 13.1 Å². The van der Waals surface area contributed by atoms with Crippen molar-refractivity contribution in [3.63, 3.8) is 0 Å². The third-order valence-corrected chi connectivity index (χ3v) is 7.18. The molecule has 0 aliphatic heterocycles. The van der Waals surface area contributed by atoms with Gasteiger partial charge in [0.25, 0.3) is 10.0 Å². The second kappa shape index (κ2) is 5.35. The lowest BCUT2D eigenvalue weighted by molar-refractivity contribution is 0.445. The van der Waals surface area contributed by atoms with E-state index in [-0.39, 0.29) is 10.1 Å². The normalized spacial score (nSPS) is 16.0. The summed E-state index contributed by atoms with van der Waals surface area (Å²) in [6, 6.07) is 1.71. The summed E-state index contributed by atoms with van der Waals surface area (Å²) >= 11 is 10.2. The third-order valence-electron chi connectivity index (χ3n) is 2.28. The molecule has 0 saturated heterocycles. The van der Waals surface area contributed by atoms with Crippen LogP contribution in [-0.2, 0) is 10.0 Å². The maximum atomic E-state index is 12.1. The van der Waals surface area contributed by atoms with E-state index in [1.54, 1.807) is 18.4 Å². The van der Waals surface area contributed by atoms with Gasteiger partial charge >= 0.3 is 0 Å². The number of hydrogen-bond acceptors (Lipinski definition) is 3. The largest absolute Gasteiger partial charge is 0.251 e. The van der Waals surface area contributed by atoms with Crippen molar-refractivity contribution in [2.24, 2.45) is 0 Å². The van der Waals surface area contributed by atoms with Gasteiger partial charge < -0.3 is 0 Å². The van der Waals surface area contributed by atoms with Crippen LogP contribution in [0.2, 0.25) is 0 Å². The average Bonchev–Trinajstić information content (AvgIpc) is 2.64. The van der Waals surface area contributed by atoms with Crippen LogP contribution < -0.4 is 4.72 Å². The van der Waals surface area contributed by atoms with Gasteiger partial charge in [0, 0.05) is 15.9 Å². The van der Waals surface area contributed by atoms with E-state index < -0.39 is 15.6 Å². The predicted octanol–water partition coefficient (Wildman–Crippen LogP) is 3.20. The van der Waals surface area contributed by atoms with Crippen LogP contribution >= 0.6 is 38.9 Å². The molecule has 0 fully saturated rings. The number of thiophene rings is 1. The number of sulfonamides is 1. The highest BCUT2D eigenvalue weighted by atomic mass is 79.9. The van der Waals surface area contributed by atoms with Gasteiger partial charge in [0.2, 0.25) is 0 Å². The molecule has 0 aromatic carbocycles. The first-order valence-corrected chi connectivity index (χ1v) is 8.36. The Labute approximate surface area is 113 Å². The molecule has 0 saturated carbocycles. The van der Waals surface area contributed by atoms with Gasteiger partial charge in [0.1, 0.15) is 4.21 Å². The first-order chi connectivity index (χ1) is 7.34. The summed E-state index contributed by atoms with van der Waals surface area (Å²) in [7, 11) is -3.49. The van der Waals surface area contributed by atoms with Crippen molar-refractivity contribution >= 4 is 48.9 Å². The Morgan fingerprint density at radius 2 is 2.25 bits per heavy atom. The zero-order valence-electron chi connectivity index (χ0n) is 8.96. The molecule has 0 bridgehead atoms.